The molecule has 2 aromatic heterocycles. The molecule has 0 saturated heterocycles. The smallest absolute Gasteiger partial charge is 0.494 e. The average molecular weight is 702 g/mol. The number of carbonyl (C=O) groups is 3. The van der Waals surface area contributed by atoms with E-state index in [1.54, 1.807) is 51.1 Å². The lowest BCUT2D eigenvalue weighted by Gasteiger charge is -2.29. The second-order valence-electron chi connectivity index (χ2n) is 12.3. The molecule has 0 saturated carbocycles. The number of carbonyl (C=O) groups excluding carboxylic acids is 2. The van der Waals surface area contributed by atoms with E-state index < -0.39 is 17.8 Å². The van der Waals surface area contributed by atoms with Gasteiger partial charge in [-0.25, -0.2) is 14.6 Å². The molecule has 0 bridgehead atoms. The molecule has 49 heavy (non-hydrogen) atoms. The van der Waals surface area contributed by atoms with Crippen LogP contribution in [0.25, 0.3) is 10.2 Å². The Kier molecular flexibility index (Phi) is 9.97. The highest BCUT2D eigenvalue weighted by atomic mass is 32.1. The van der Waals surface area contributed by atoms with Gasteiger partial charge in [0.15, 0.2) is 10.3 Å². The van der Waals surface area contributed by atoms with Crippen molar-refractivity contribution in [2.75, 3.05) is 28.7 Å². The van der Waals surface area contributed by atoms with Gasteiger partial charge in [0.1, 0.15) is 11.4 Å². The molecule has 3 heterocycles. The molecule has 0 unspecified atom stereocenters. The summed E-state index contributed by atoms with van der Waals surface area (Å²) in [5.41, 5.74) is 3.28. The summed E-state index contributed by atoms with van der Waals surface area (Å²) in [6.45, 7) is 6.78. The van der Waals surface area contributed by atoms with Gasteiger partial charge in [0.2, 0.25) is 5.88 Å². The van der Waals surface area contributed by atoms with Crippen molar-refractivity contribution in [2.24, 2.45) is 0 Å². The first kappa shape index (κ1) is 33.7. The molecule has 14 heteroatoms. The number of hydrogen-bond donors (Lipinski definition) is 3. The summed E-state index contributed by atoms with van der Waals surface area (Å²) < 4.78 is 17.3. The standard InChI is InChI=1S/C35H35N5O7S2/c1-35(2,3)47-33(42)36-22-10-7-11-23(19-22)45-18-8-15-28-30(46-34(43)44)39-32(49-28)40-17-16-21-9-6-12-24(25(21)20-40)29(41)38-31-37-26-13-4-5-14-27(26)48-31/h4-7,9-14,19H,8,15-18,20H2,1-3H3,(H,36,42)(H,43,44)(H,37,38,41). The van der Waals surface area contributed by atoms with E-state index in [4.69, 9.17) is 14.2 Å². The minimum atomic E-state index is -1.44. The van der Waals surface area contributed by atoms with Crippen LogP contribution in [-0.4, -0.2) is 52.0 Å². The maximum Gasteiger partial charge on any atom is 0.512 e. The second kappa shape index (κ2) is 14.5. The highest BCUT2D eigenvalue weighted by molar-refractivity contribution is 7.22. The van der Waals surface area contributed by atoms with Gasteiger partial charge in [-0.2, -0.15) is 4.98 Å². The fourth-order valence-electron chi connectivity index (χ4n) is 5.34. The van der Waals surface area contributed by atoms with Crippen molar-refractivity contribution in [3.05, 3.63) is 88.3 Å². The molecule has 12 nitrogen and oxygen atoms in total. The van der Waals surface area contributed by atoms with Crippen LogP contribution >= 0.6 is 22.7 Å². The number of para-hydroxylation sites is 1. The number of ether oxygens (including phenoxy) is 3. The van der Waals surface area contributed by atoms with E-state index >= 15 is 0 Å². The maximum atomic E-state index is 13.5. The lowest BCUT2D eigenvalue weighted by atomic mass is 9.94. The van der Waals surface area contributed by atoms with Crippen LogP contribution in [0, 0.1) is 0 Å². The highest BCUT2D eigenvalue weighted by Gasteiger charge is 2.26. The first-order valence-corrected chi connectivity index (χ1v) is 17.3. The van der Waals surface area contributed by atoms with Crippen molar-refractivity contribution in [3.63, 3.8) is 0 Å². The number of rotatable bonds is 10. The first-order chi connectivity index (χ1) is 23.5. The average Bonchev–Trinajstić information content (AvgIpc) is 3.64. The van der Waals surface area contributed by atoms with Gasteiger partial charge in [-0.1, -0.05) is 53.0 Å². The topological polar surface area (TPSA) is 152 Å². The first-order valence-electron chi connectivity index (χ1n) is 15.7. The van der Waals surface area contributed by atoms with Gasteiger partial charge in [-0.15, -0.1) is 0 Å². The van der Waals surface area contributed by atoms with Crippen molar-refractivity contribution >= 4 is 67.0 Å². The maximum absolute atomic E-state index is 13.5. The molecular weight excluding hydrogens is 667 g/mol. The van der Waals surface area contributed by atoms with E-state index in [9.17, 15) is 19.5 Å². The van der Waals surface area contributed by atoms with Crippen LogP contribution in [0.2, 0.25) is 0 Å². The molecule has 1 aliphatic heterocycles. The van der Waals surface area contributed by atoms with Crippen LogP contribution in [0.5, 0.6) is 11.6 Å². The van der Waals surface area contributed by atoms with Crippen molar-refractivity contribution in [3.8, 4) is 11.6 Å². The summed E-state index contributed by atoms with van der Waals surface area (Å²) in [4.78, 5) is 48.9. The van der Waals surface area contributed by atoms with Crippen LogP contribution in [0.3, 0.4) is 0 Å². The van der Waals surface area contributed by atoms with Gasteiger partial charge >= 0.3 is 12.2 Å². The summed E-state index contributed by atoms with van der Waals surface area (Å²) in [5.74, 6) is 0.373. The van der Waals surface area contributed by atoms with E-state index in [0.29, 0.717) is 71.1 Å². The number of benzene rings is 3. The fourth-order valence-corrected chi connectivity index (χ4v) is 7.25. The molecule has 0 radical (unpaired) electrons. The van der Waals surface area contributed by atoms with Gasteiger partial charge in [0.25, 0.3) is 5.91 Å². The predicted octanol–water partition coefficient (Wildman–Crippen LogP) is 7.98. The van der Waals surface area contributed by atoms with E-state index in [1.807, 2.05) is 41.3 Å². The number of amides is 2. The van der Waals surface area contributed by atoms with Crippen LogP contribution in [-0.2, 0) is 24.1 Å². The Labute approximate surface area is 290 Å². The number of anilines is 3. The second-order valence-corrected chi connectivity index (χ2v) is 14.3. The molecule has 0 aliphatic carbocycles. The monoisotopic (exact) mass is 701 g/mol. The van der Waals surface area contributed by atoms with Crippen molar-refractivity contribution in [2.45, 2.75) is 52.2 Å². The number of nitrogens with one attached hydrogen (secondary N) is 2. The zero-order valence-electron chi connectivity index (χ0n) is 27.1. The van der Waals surface area contributed by atoms with Crippen molar-refractivity contribution in [1.29, 1.82) is 0 Å². The van der Waals surface area contributed by atoms with Gasteiger partial charge in [0.05, 0.1) is 21.7 Å². The Balaban J connectivity index is 1.10. The van der Waals surface area contributed by atoms with Crippen LogP contribution in [0.15, 0.2) is 66.7 Å². The van der Waals surface area contributed by atoms with Crippen LogP contribution in [0.1, 0.15) is 53.6 Å². The molecule has 3 N–H and O–H groups in total. The third-order valence-corrected chi connectivity index (χ3v) is 9.54. The van der Waals surface area contributed by atoms with Gasteiger partial charge in [-0.3, -0.25) is 15.4 Å². The van der Waals surface area contributed by atoms with Crippen LogP contribution < -0.4 is 25.0 Å². The third kappa shape index (κ3) is 8.64. The van der Waals surface area contributed by atoms with Crippen LogP contribution in [0.4, 0.5) is 25.5 Å². The summed E-state index contributed by atoms with van der Waals surface area (Å²) in [7, 11) is 0. The Morgan fingerprint density at radius 3 is 2.59 bits per heavy atom. The molecule has 0 fully saturated rings. The minimum Gasteiger partial charge on any atom is -0.494 e. The number of aryl methyl sites for hydroxylation is 1. The molecule has 5 aromatic rings. The number of nitrogens with zero attached hydrogens (tertiary/aromatic N) is 3. The zero-order chi connectivity index (χ0) is 34.5. The lowest BCUT2D eigenvalue weighted by molar-refractivity contribution is 0.0635. The van der Waals surface area contributed by atoms with E-state index in [0.717, 1.165) is 21.3 Å². The van der Waals surface area contributed by atoms with Crippen molar-refractivity contribution < 1.29 is 33.7 Å². The quantitative estimate of drug-likeness (QED) is 0.0965. The Hall–Kier alpha value is -5.21. The Bertz CT molecular complexity index is 1970. The lowest BCUT2D eigenvalue weighted by Crippen LogP contribution is -2.32. The van der Waals surface area contributed by atoms with Gasteiger partial charge < -0.3 is 24.2 Å². The molecule has 1 aliphatic rings. The van der Waals surface area contributed by atoms with Gasteiger partial charge in [-0.05, 0) is 81.5 Å². The number of aromatic nitrogens is 2. The molecule has 0 spiro atoms. The molecule has 0 atom stereocenters. The zero-order valence-corrected chi connectivity index (χ0v) is 28.8. The van der Waals surface area contributed by atoms with Crippen molar-refractivity contribution in [1.82, 2.24) is 9.97 Å². The van der Waals surface area contributed by atoms with E-state index in [1.165, 1.54) is 22.7 Å². The SMILES string of the molecule is CC(C)(C)OC(=O)Nc1cccc(OCCCc2sc(N3CCc4cccc(C(=O)Nc5nc6ccccc6s5)c4C3)nc2OC(=O)O)c1. The normalized spacial score (nSPS) is 12.7. The number of hydrogen-bond acceptors (Lipinski definition) is 11. The molecule has 254 valence electrons. The number of fused-ring (bicyclic) bond motifs is 2. The Morgan fingerprint density at radius 2 is 1.80 bits per heavy atom. The largest absolute Gasteiger partial charge is 0.512 e. The predicted molar refractivity (Wildman–Crippen MR) is 190 cm³/mol. The minimum absolute atomic E-state index is 0.0451. The Morgan fingerprint density at radius 1 is 0.980 bits per heavy atom. The molecular formula is C35H35N5O7S2. The summed E-state index contributed by atoms with van der Waals surface area (Å²) in [6, 6.07) is 20.4. The summed E-state index contributed by atoms with van der Waals surface area (Å²) in [6.07, 6.45) is -0.285. The molecule has 3 aromatic carbocycles. The summed E-state index contributed by atoms with van der Waals surface area (Å²) >= 11 is 2.79. The number of thiazole rings is 2. The molecule has 6 rings (SSSR count). The van der Waals surface area contributed by atoms with E-state index in [2.05, 4.69) is 20.6 Å². The fraction of sp³-hybridized carbons (Fsp3) is 0.286. The summed E-state index contributed by atoms with van der Waals surface area (Å²) in [5, 5.41) is 16.2. The van der Waals surface area contributed by atoms with Gasteiger partial charge in [0, 0.05) is 30.4 Å². The highest BCUT2D eigenvalue weighted by Crippen LogP contribution is 2.36. The molecule has 2 amide bonds. The van der Waals surface area contributed by atoms with E-state index in [-0.39, 0.29) is 11.8 Å². The number of carboxylic acid groups (broad SMARTS) is 1. The third-order valence-electron chi connectivity index (χ3n) is 7.43.